The summed E-state index contributed by atoms with van der Waals surface area (Å²) in [4.78, 5) is 0. The molecule has 3 nitrogen and oxygen atoms in total. The lowest BCUT2D eigenvalue weighted by Crippen LogP contribution is -2.84. The molecule has 0 radical (unpaired) electrons. The Bertz CT molecular complexity index is 328. The van der Waals surface area contributed by atoms with Crippen molar-refractivity contribution in [3.05, 3.63) is 24.3 Å². The van der Waals surface area contributed by atoms with Gasteiger partial charge in [0, 0.05) is 0 Å². The average molecular weight is 266 g/mol. The van der Waals surface area contributed by atoms with Crippen molar-refractivity contribution in [2.75, 3.05) is 26.8 Å². The minimum atomic E-state index is 0.773. The van der Waals surface area contributed by atoms with Gasteiger partial charge in [0.15, 0.2) is 11.5 Å². The summed E-state index contributed by atoms with van der Waals surface area (Å²) in [6.45, 7) is 5.53. The molecule has 2 N–H and O–H groups in total. The third-order valence-electron chi connectivity index (χ3n) is 3.14. The van der Waals surface area contributed by atoms with Crippen LogP contribution in [0.2, 0.25) is 0 Å². The van der Waals surface area contributed by atoms with Gasteiger partial charge in [0.2, 0.25) is 0 Å². The summed E-state index contributed by atoms with van der Waals surface area (Å²) in [7, 11) is 1.67. The molecule has 0 fully saturated rings. The van der Waals surface area contributed by atoms with Crippen LogP contribution in [0.3, 0.4) is 0 Å². The van der Waals surface area contributed by atoms with E-state index in [0.29, 0.717) is 0 Å². The van der Waals surface area contributed by atoms with Crippen molar-refractivity contribution in [2.45, 2.75) is 39.0 Å². The first-order valence-electron chi connectivity index (χ1n) is 7.46. The Balaban J connectivity index is 2.01. The summed E-state index contributed by atoms with van der Waals surface area (Å²) in [6, 6.07) is 7.81. The van der Waals surface area contributed by atoms with Crippen LogP contribution < -0.4 is 14.8 Å². The fraction of sp³-hybridized carbons (Fsp3) is 0.625. The maximum atomic E-state index is 5.74. The van der Waals surface area contributed by atoms with Gasteiger partial charge >= 0.3 is 0 Å². The first-order valence-corrected chi connectivity index (χ1v) is 7.46. The molecular weight excluding hydrogens is 238 g/mol. The minimum Gasteiger partial charge on any atom is -0.493 e. The normalized spacial score (nSPS) is 10.4. The van der Waals surface area contributed by atoms with Crippen molar-refractivity contribution in [3.8, 4) is 11.5 Å². The van der Waals surface area contributed by atoms with Gasteiger partial charge in [-0.2, -0.15) is 0 Å². The minimum absolute atomic E-state index is 0.773. The van der Waals surface area contributed by atoms with Gasteiger partial charge in [0.1, 0.15) is 0 Å². The zero-order valence-electron chi connectivity index (χ0n) is 12.4. The summed E-state index contributed by atoms with van der Waals surface area (Å²) in [6.07, 6.45) is 6.25. The van der Waals surface area contributed by atoms with Gasteiger partial charge < -0.3 is 14.8 Å². The summed E-state index contributed by atoms with van der Waals surface area (Å²) >= 11 is 0. The molecule has 0 saturated heterocycles. The first kappa shape index (κ1) is 15.8. The van der Waals surface area contributed by atoms with Crippen LogP contribution >= 0.6 is 0 Å². The van der Waals surface area contributed by atoms with Gasteiger partial charge in [-0.05, 0) is 37.8 Å². The van der Waals surface area contributed by atoms with Crippen LogP contribution in [0, 0.1) is 0 Å². The van der Waals surface area contributed by atoms with E-state index in [1.54, 1.807) is 7.11 Å². The lowest BCUT2D eigenvalue weighted by Gasteiger charge is -2.09. The second-order valence-electron chi connectivity index (χ2n) is 4.78. The fourth-order valence-corrected chi connectivity index (χ4v) is 1.98. The highest BCUT2D eigenvalue weighted by Gasteiger charge is 2.01. The average Bonchev–Trinajstić information content (AvgIpc) is 2.46. The van der Waals surface area contributed by atoms with Crippen molar-refractivity contribution >= 4 is 0 Å². The number of rotatable bonds is 11. The van der Waals surface area contributed by atoms with Gasteiger partial charge in [-0.15, -0.1) is 0 Å². The molecule has 0 spiro atoms. The molecular formula is C16H28NO2+. The van der Waals surface area contributed by atoms with Gasteiger partial charge in [0.05, 0.1) is 26.8 Å². The summed E-state index contributed by atoms with van der Waals surface area (Å²) < 4.78 is 11.0. The van der Waals surface area contributed by atoms with Crippen molar-refractivity contribution in [3.63, 3.8) is 0 Å². The fourth-order valence-electron chi connectivity index (χ4n) is 1.98. The molecule has 1 rings (SSSR count). The van der Waals surface area contributed by atoms with Gasteiger partial charge in [0.25, 0.3) is 0 Å². The smallest absolute Gasteiger partial charge is 0.161 e. The second kappa shape index (κ2) is 10.7. The van der Waals surface area contributed by atoms with Crippen LogP contribution in [0.1, 0.15) is 39.0 Å². The van der Waals surface area contributed by atoms with Gasteiger partial charge in [-0.1, -0.05) is 25.5 Å². The molecule has 1 aromatic rings. The second-order valence-corrected chi connectivity index (χ2v) is 4.78. The highest BCUT2D eigenvalue weighted by Crippen LogP contribution is 2.25. The van der Waals surface area contributed by atoms with Gasteiger partial charge in [-0.25, -0.2) is 0 Å². The number of para-hydroxylation sites is 2. The van der Waals surface area contributed by atoms with E-state index in [2.05, 4.69) is 12.2 Å². The number of unbranched alkanes of at least 4 members (excludes halogenated alkanes) is 3. The van der Waals surface area contributed by atoms with Crippen LogP contribution in [-0.4, -0.2) is 26.8 Å². The number of ether oxygens (including phenoxy) is 2. The van der Waals surface area contributed by atoms with Gasteiger partial charge in [-0.3, -0.25) is 0 Å². The Hall–Kier alpha value is -1.22. The van der Waals surface area contributed by atoms with Crippen molar-refractivity contribution in [2.24, 2.45) is 0 Å². The van der Waals surface area contributed by atoms with Crippen LogP contribution in [0.25, 0.3) is 0 Å². The number of hydrogen-bond acceptors (Lipinski definition) is 2. The third-order valence-corrected chi connectivity index (χ3v) is 3.14. The summed E-state index contributed by atoms with van der Waals surface area (Å²) in [5.41, 5.74) is 0. The maximum absolute atomic E-state index is 5.74. The highest BCUT2D eigenvalue weighted by atomic mass is 16.5. The zero-order chi connectivity index (χ0) is 13.8. The SMILES string of the molecule is CCCC[NH2+]CCCCCOc1ccccc1OC. The summed E-state index contributed by atoms with van der Waals surface area (Å²) in [5, 5.41) is 2.42. The van der Waals surface area contributed by atoms with Crippen LogP contribution in [0.4, 0.5) is 0 Å². The largest absolute Gasteiger partial charge is 0.493 e. The molecule has 3 heteroatoms. The van der Waals surface area contributed by atoms with E-state index in [9.17, 15) is 0 Å². The molecule has 0 unspecified atom stereocenters. The first-order chi connectivity index (χ1) is 9.38. The van der Waals surface area contributed by atoms with E-state index >= 15 is 0 Å². The zero-order valence-corrected chi connectivity index (χ0v) is 12.4. The molecule has 108 valence electrons. The summed E-state index contributed by atoms with van der Waals surface area (Å²) in [5.74, 6) is 1.66. The lowest BCUT2D eigenvalue weighted by atomic mass is 10.2. The molecule has 0 bridgehead atoms. The maximum Gasteiger partial charge on any atom is 0.161 e. The predicted molar refractivity (Wildman–Crippen MR) is 78.9 cm³/mol. The van der Waals surface area contributed by atoms with Crippen LogP contribution in [-0.2, 0) is 0 Å². The van der Waals surface area contributed by atoms with E-state index in [1.807, 2.05) is 24.3 Å². The molecule has 0 atom stereocenters. The Kier molecular flexibility index (Phi) is 8.90. The van der Waals surface area contributed by atoms with E-state index in [4.69, 9.17) is 9.47 Å². The number of nitrogens with two attached hydrogens (primary N) is 1. The van der Waals surface area contributed by atoms with Crippen molar-refractivity contribution < 1.29 is 14.8 Å². The molecule has 0 aliphatic rings. The van der Waals surface area contributed by atoms with E-state index in [-0.39, 0.29) is 0 Å². The number of quaternary nitrogens is 1. The molecule has 0 aliphatic carbocycles. The molecule has 0 aliphatic heterocycles. The molecule has 0 saturated carbocycles. The van der Waals surface area contributed by atoms with Crippen molar-refractivity contribution in [1.82, 2.24) is 0 Å². The molecule has 1 aromatic carbocycles. The third kappa shape index (κ3) is 7.06. The Labute approximate surface area is 117 Å². The monoisotopic (exact) mass is 266 g/mol. The molecule has 0 aromatic heterocycles. The standard InChI is InChI=1S/C16H27NO2/c1-3-4-12-17-13-8-5-9-14-19-16-11-7-6-10-15(16)18-2/h6-7,10-11,17H,3-5,8-9,12-14H2,1-2H3/p+1. The van der Waals surface area contributed by atoms with Crippen LogP contribution in [0.5, 0.6) is 11.5 Å². The Morgan fingerprint density at radius 1 is 0.947 bits per heavy atom. The molecule has 0 heterocycles. The topological polar surface area (TPSA) is 35.1 Å². The molecule has 19 heavy (non-hydrogen) atoms. The van der Waals surface area contributed by atoms with E-state index in [0.717, 1.165) is 24.5 Å². The van der Waals surface area contributed by atoms with Crippen LogP contribution in [0.15, 0.2) is 24.3 Å². The number of methoxy groups -OCH3 is 1. The Morgan fingerprint density at radius 2 is 1.68 bits per heavy atom. The lowest BCUT2D eigenvalue weighted by molar-refractivity contribution is -0.655. The Morgan fingerprint density at radius 3 is 2.42 bits per heavy atom. The highest BCUT2D eigenvalue weighted by molar-refractivity contribution is 5.39. The number of benzene rings is 1. The van der Waals surface area contributed by atoms with Crippen molar-refractivity contribution in [1.29, 1.82) is 0 Å². The number of hydrogen-bond donors (Lipinski definition) is 1. The quantitative estimate of drug-likeness (QED) is 0.625. The molecule has 0 amide bonds. The van der Waals surface area contributed by atoms with E-state index in [1.165, 1.54) is 38.8 Å². The predicted octanol–water partition coefficient (Wildman–Crippen LogP) is 2.61. The van der Waals surface area contributed by atoms with E-state index < -0.39 is 0 Å².